The molecule has 1 aliphatic rings. The zero-order valence-electron chi connectivity index (χ0n) is 15.0. The number of carbonyl (C=O) groups is 2. The third-order valence-corrected chi connectivity index (χ3v) is 4.82. The molecule has 0 unspecified atom stereocenters. The van der Waals surface area contributed by atoms with Crippen molar-refractivity contribution in [2.24, 2.45) is 0 Å². The number of carbonyl (C=O) groups excluding carboxylic acids is 2. The number of aromatic amines is 2. The molecule has 0 aliphatic carbocycles. The summed E-state index contributed by atoms with van der Waals surface area (Å²) >= 11 is 0. The van der Waals surface area contributed by atoms with Gasteiger partial charge in [-0.05, 0) is 43.5 Å². The molecule has 3 heterocycles. The SMILES string of the molecule is Cc1cc(CC(=O)N2CCCN(C(=O)Cc3cc[nH]c3)CC2)c(C)[nH]1. The third-order valence-electron chi connectivity index (χ3n) is 4.82. The van der Waals surface area contributed by atoms with E-state index in [0.29, 0.717) is 25.9 Å². The van der Waals surface area contributed by atoms with Gasteiger partial charge in [0.25, 0.3) is 0 Å². The highest BCUT2D eigenvalue weighted by Crippen LogP contribution is 2.13. The lowest BCUT2D eigenvalue weighted by atomic mass is 10.1. The quantitative estimate of drug-likeness (QED) is 0.889. The van der Waals surface area contributed by atoms with Crippen molar-refractivity contribution in [2.75, 3.05) is 26.2 Å². The van der Waals surface area contributed by atoms with Crippen LogP contribution in [0.25, 0.3) is 0 Å². The highest BCUT2D eigenvalue weighted by atomic mass is 16.2. The predicted molar refractivity (Wildman–Crippen MR) is 96.2 cm³/mol. The molecule has 0 radical (unpaired) electrons. The second kappa shape index (κ2) is 7.59. The lowest BCUT2D eigenvalue weighted by Gasteiger charge is -2.22. The van der Waals surface area contributed by atoms with Gasteiger partial charge >= 0.3 is 0 Å². The summed E-state index contributed by atoms with van der Waals surface area (Å²) in [6.07, 6.45) is 5.35. The molecule has 2 aromatic heterocycles. The molecule has 25 heavy (non-hydrogen) atoms. The van der Waals surface area contributed by atoms with Crippen LogP contribution in [0.2, 0.25) is 0 Å². The molecule has 2 N–H and O–H groups in total. The maximum absolute atomic E-state index is 12.6. The zero-order valence-corrected chi connectivity index (χ0v) is 15.0. The largest absolute Gasteiger partial charge is 0.367 e. The van der Waals surface area contributed by atoms with E-state index in [4.69, 9.17) is 0 Å². The Balaban J connectivity index is 1.54. The molecule has 3 rings (SSSR count). The fourth-order valence-electron chi connectivity index (χ4n) is 3.41. The van der Waals surface area contributed by atoms with Crippen LogP contribution in [0.4, 0.5) is 0 Å². The number of hydrogen-bond donors (Lipinski definition) is 2. The number of aryl methyl sites for hydroxylation is 2. The van der Waals surface area contributed by atoms with E-state index in [-0.39, 0.29) is 11.8 Å². The molecular formula is C19H26N4O2. The Bertz CT molecular complexity index is 733. The van der Waals surface area contributed by atoms with Crippen LogP contribution in [-0.2, 0) is 22.4 Å². The van der Waals surface area contributed by atoms with E-state index in [1.165, 1.54) is 0 Å². The lowest BCUT2D eigenvalue weighted by molar-refractivity contribution is -0.132. The molecular weight excluding hydrogens is 316 g/mol. The van der Waals surface area contributed by atoms with E-state index in [1.807, 2.05) is 48.2 Å². The van der Waals surface area contributed by atoms with Crippen LogP contribution in [-0.4, -0.2) is 57.8 Å². The smallest absolute Gasteiger partial charge is 0.227 e. The maximum Gasteiger partial charge on any atom is 0.227 e. The van der Waals surface area contributed by atoms with Crippen molar-refractivity contribution in [1.82, 2.24) is 19.8 Å². The van der Waals surface area contributed by atoms with Gasteiger partial charge in [0.05, 0.1) is 12.8 Å². The van der Waals surface area contributed by atoms with Gasteiger partial charge in [-0.15, -0.1) is 0 Å². The Kier molecular flexibility index (Phi) is 5.26. The summed E-state index contributed by atoms with van der Waals surface area (Å²) in [6, 6.07) is 3.96. The second-order valence-corrected chi connectivity index (χ2v) is 6.79. The first-order valence-corrected chi connectivity index (χ1v) is 8.85. The summed E-state index contributed by atoms with van der Waals surface area (Å²) in [7, 11) is 0. The first-order chi connectivity index (χ1) is 12.0. The monoisotopic (exact) mass is 342 g/mol. The van der Waals surface area contributed by atoms with Crippen molar-refractivity contribution in [2.45, 2.75) is 33.1 Å². The minimum atomic E-state index is 0.131. The molecule has 2 amide bonds. The molecule has 0 spiro atoms. The van der Waals surface area contributed by atoms with Crippen LogP contribution >= 0.6 is 0 Å². The fourth-order valence-corrected chi connectivity index (χ4v) is 3.41. The molecule has 1 saturated heterocycles. The van der Waals surface area contributed by atoms with Gasteiger partial charge in [-0.1, -0.05) is 0 Å². The Morgan fingerprint density at radius 3 is 2.28 bits per heavy atom. The topological polar surface area (TPSA) is 72.2 Å². The normalized spacial score (nSPS) is 15.3. The van der Waals surface area contributed by atoms with Crippen molar-refractivity contribution >= 4 is 11.8 Å². The number of rotatable bonds is 4. The van der Waals surface area contributed by atoms with Gasteiger partial charge in [0.2, 0.25) is 11.8 Å². The van der Waals surface area contributed by atoms with Crippen LogP contribution in [0, 0.1) is 13.8 Å². The standard InChI is InChI=1S/C19H26N4O2/c1-14-10-17(15(2)21-14)12-19(25)23-7-3-6-22(8-9-23)18(24)11-16-4-5-20-13-16/h4-5,10,13,20-21H,3,6-9,11-12H2,1-2H3. The number of aromatic nitrogens is 2. The van der Waals surface area contributed by atoms with Gasteiger partial charge in [-0.2, -0.15) is 0 Å². The third kappa shape index (κ3) is 4.32. The molecule has 1 aliphatic heterocycles. The van der Waals surface area contributed by atoms with Gasteiger partial charge in [-0.25, -0.2) is 0 Å². The average molecular weight is 342 g/mol. The molecule has 6 nitrogen and oxygen atoms in total. The van der Waals surface area contributed by atoms with Crippen molar-refractivity contribution in [3.05, 3.63) is 47.0 Å². The van der Waals surface area contributed by atoms with E-state index in [1.54, 1.807) is 0 Å². The van der Waals surface area contributed by atoms with Crippen molar-refractivity contribution in [3.63, 3.8) is 0 Å². The first kappa shape index (κ1) is 17.3. The Labute approximate surface area is 148 Å². The van der Waals surface area contributed by atoms with Crippen LogP contribution in [0.3, 0.4) is 0 Å². The molecule has 1 fully saturated rings. The van der Waals surface area contributed by atoms with Crippen molar-refractivity contribution in [1.29, 1.82) is 0 Å². The van der Waals surface area contributed by atoms with Gasteiger partial charge < -0.3 is 19.8 Å². The molecule has 0 bridgehead atoms. The summed E-state index contributed by atoms with van der Waals surface area (Å²) in [6.45, 7) is 6.66. The van der Waals surface area contributed by atoms with E-state index in [2.05, 4.69) is 9.97 Å². The van der Waals surface area contributed by atoms with Crippen LogP contribution < -0.4 is 0 Å². The predicted octanol–water partition coefficient (Wildman–Crippen LogP) is 1.81. The van der Waals surface area contributed by atoms with Crippen LogP contribution in [0.5, 0.6) is 0 Å². The molecule has 2 aromatic rings. The summed E-state index contributed by atoms with van der Waals surface area (Å²) in [5, 5.41) is 0. The zero-order chi connectivity index (χ0) is 17.8. The van der Waals surface area contributed by atoms with Gasteiger partial charge in [0, 0.05) is 50.0 Å². The van der Waals surface area contributed by atoms with Crippen molar-refractivity contribution in [3.8, 4) is 0 Å². The Morgan fingerprint density at radius 1 is 1.04 bits per heavy atom. The Hall–Kier alpha value is -2.50. The molecule has 134 valence electrons. The van der Waals surface area contributed by atoms with Crippen LogP contribution in [0.15, 0.2) is 24.5 Å². The molecule has 6 heteroatoms. The highest BCUT2D eigenvalue weighted by molar-refractivity contribution is 5.80. The minimum absolute atomic E-state index is 0.131. The first-order valence-electron chi connectivity index (χ1n) is 8.85. The molecule has 0 aromatic carbocycles. The van der Waals surface area contributed by atoms with Gasteiger partial charge in [0.1, 0.15) is 0 Å². The molecule has 0 atom stereocenters. The maximum atomic E-state index is 12.6. The van der Waals surface area contributed by atoms with E-state index in [9.17, 15) is 9.59 Å². The lowest BCUT2D eigenvalue weighted by Crippen LogP contribution is -2.38. The number of nitrogens with one attached hydrogen (secondary N) is 2. The van der Waals surface area contributed by atoms with E-state index >= 15 is 0 Å². The second-order valence-electron chi connectivity index (χ2n) is 6.79. The van der Waals surface area contributed by atoms with E-state index in [0.717, 1.165) is 42.0 Å². The minimum Gasteiger partial charge on any atom is -0.367 e. The number of nitrogens with zero attached hydrogens (tertiary/aromatic N) is 2. The van der Waals surface area contributed by atoms with Crippen molar-refractivity contribution < 1.29 is 9.59 Å². The number of H-pyrrole nitrogens is 2. The molecule has 0 saturated carbocycles. The summed E-state index contributed by atoms with van der Waals surface area (Å²) < 4.78 is 0. The van der Waals surface area contributed by atoms with Gasteiger partial charge in [0.15, 0.2) is 0 Å². The number of hydrogen-bond acceptors (Lipinski definition) is 2. The summed E-state index contributed by atoms with van der Waals surface area (Å²) in [5.41, 5.74) is 4.20. The average Bonchev–Trinajstić information content (AvgIpc) is 3.09. The fraction of sp³-hybridized carbons (Fsp3) is 0.474. The highest BCUT2D eigenvalue weighted by Gasteiger charge is 2.22. The summed E-state index contributed by atoms with van der Waals surface area (Å²) in [5.74, 6) is 0.271. The summed E-state index contributed by atoms with van der Waals surface area (Å²) in [4.78, 5) is 35.1. The number of amides is 2. The Morgan fingerprint density at radius 2 is 1.72 bits per heavy atom. The van der Waals surface area contributed by atoms with E-state index < -0.39 is 0 Å². The van der Waals surface area contributed by atoms with Crippen LogP contribution in [0.1, 0.15) is 28.9 Å². The van der Waals surface area contributed by atoms with Gasteiger partial charge in [-0.3, -0.25) is 9.59 Å².